The number of hydrogen-bond donors (Lipinski definition) is 2. The second-order valence-electron chi connectivity index (χ2n) is 3.71. The first-order valence-corrected chi connectivity index (χ1v) is 5.29. The maximum atomic E-state index is 12.1. The molecular formula is C12H14F3NO2. The maximum absolute atomic E-state index is 12.1. The predicted octanol–water partition coefficient (Wildman–Crippen LogP) is 3.26. The molecule has 0 saturated carbocycles. The van der Waals surface area contributed by atoms with Crippen LogP contribution in [0.15, 0.2) is 30.9 Å². The molecule has 0 bridgehead atoms. The van der Waals surface area contributed by atoms with E-state index >= 15 is 0 Å². The van der Waals surface area contributed by atoms with Crippen LogP contribution in [-0.4, -0.2) is 11.5 Å². The summed E-state index contributed by atoms with van der Waals surface area (Å²) in [6.07, 6.45) is -2.12. The standard InChI is InChI=1S/C12H14F3NO2/c1-2-3-6-9(16)8-5-4-7-10(11(8)17)18-12(13,14)15/h2,4-5,7,9,17H,1,3,6,16H2/t9-/m0/s1. The molecule has 18 heavy (non-hydrogen) atoms. The number of hydrogen-bond acceptors (Lipinski definition) is 3. The number of benzene rings is 1. The molecule has 0 aliphatic rings. The largest absolute Gasteiger partial charge is 0.573 e. The van der Waals surface area contributed by atoms with Crippen LogP contribution >= 0.6 is 0 Å². The fourth-order valence-corrected chi connectivity index (χ4v) is 1.50. The number of halogens is 3. The molecule has 0 unspecified atom stereocenters. The number of allylic oxidation sites excluding steroid dienone is 1. The Morgan fingerprint density at radius 1 is 1.44 bits per heavy atom. The van der Waals surface area contributed by atoms with Crippen LogP contribution in [0.1, 0.15) is 24.4 Å². The zero-order chi connectivity index (χ0) is 13.8. The molecule has 1 atom stereocenters. The number of ether oxygens (including phenoxy) is 1. The Bertz CT molecular complexity index is 418. The first kappa shape index (κ1) is 14.4. The van der Waals surface area contributed by atoms with Crippen LogP contribution in [0.2, 0.25) is 0 Å². The molecule has 0 fully saturated rings. The highest BCUT2D eigenvalue weighted by Gasteiger charge is 2.32. The first-order valence-electron chi connectivity index (χ1n) is 5.29. The lowest BCUT2D eigenvalue weighted by molar-refractivity contribution is -0.275. The zero-order valence-corrected chi connectivity index (χ0v) is 9.57. The molecule has 1 aromatic rings. The number of phenolic OH excluding ortho intramolecular Hbond substituents is 1. The topological polar surface area (TPSA) is 55.5 Å². The smallest absolute Gasteiger partial charge is 0.504 e. The zero-order valence-electron chi connectivity index (χ0n) is 9.57. The van der Waals surface area contributed by atoms with E-state index in [2.05, 4.69) is 11.3 Å². The number of nitrogens with two attached hydrogens (primary N) is 1. The number of alkyl halides is 3. The van der Waals surface area contributed by atoms with Crippen molar-refractivity contribution < 1.29 is 23.0 Å². The Balaban J connectivity index is 2.94. The lowest BCUT2D eigenvalue weighted by Gasteiger charge is -2.16. The minimum atomic E-state index is -4.85. The fraction of sp³-hybridized carbons (Fsp3) is 0.333. The highest BCUT2D eigenvalue weighted by atomic mass is 19.4. The molecule has 0 aliphatic heterocycles. The molecule has 0 aromatic heterocycles. The summed E-state index contributed by atoms with van der Waals surface area (Å²) in [6.45, 7) is 3.52. The van der Waals surface area contributed by atoms with E-state index in [9.17, 15) is 18.3 Å². The van der Waals surface area contributed by atoms with Gasteiger partial charge in [0, 0.05) is 11.6 Å². The van der Waals surface area contributed by atoms with Crippen molar-refractivity contribution in [1.82, 2.24) is 0 Å². The maximum Gasteiger partial charge on any atom is 0.573 e. The van der Waals surface area contributed by atoms with Crippen LogP contribution in [-0.2, 0) is 0 Å². The number of para-hydroxylation sites is 1. The van der Waals surface area contributed by atoms with Crippen LogP contribution in [0, 0.1) is 0 Å². The normalized spacial score (nSPS) is 13.1. The van der Waals surface area contributed by atoms with Crippen molar-refractivity contribution in [3.05, 3.63) is 36.4 Å². The van der Waals surface area contributed by atoms with Gasteiger partial charge in [0.05, 0.1) is 0 Å². The van der Waals surface area contributed by atoms with Crippen molar-refractivity contribution >= 4 is 0 Å². The third kappa shape index (κ3) is 3.96. The monoisotopic (exact) mass is 261 g/mol. The van der Waals surface area contributed by atoms with Crippen LogP contribution in [0.3, 0.4) is 0 Å². The van der Waals surface area contributed by atoms with Gasteiger partial charge in [-0.1, -0.05) is 18.2 Å². The van der Waals surface area contributed by atoms with Gasteiger partial charge < -0.3 is 15.6 Å². The molecule has 0 spiro atoms. The van der Waals surface area contributed by atoms with E-state index in [1.807, 2.05) is 0 Å². The lowest BCUT2D eigenvalue weighted by Crippen LogP contribution is -2.18. The van der Waals surface area contributed by atoms with Gasteiger partial charge in [-0.2, -0.15) is 0 Å². The number of rotatable bonds is 5. The van der Waals surface area contributed by atoms with Gasteiger partial charge in [-0.25, -0.2) is 0 Å². The van der Waals surface area contributed by atoms with Crippen molar-refractivity contribution in [3.63, 3.8) is 0 Å². The average Bonchev–Trinajstić information content (AvgIpc) is 2.27. The van der Waals surface area contributed by atoms with E-state index in [4.69, 9.17) is 5.73 Å². The minimum absolute atomic E-state index is 0.221. The van der Waals surface area contributed by atoms with E-state index in [0.717, 1.165) is 6.07 Å². The van der Waals surface area contributed by atoms with Gasteiger partial charge in [-0.3, -0.25) is 0 Å². The third-order valence-electron chi connectivity index (χ3n) is 2.34. The summed E-state index contributed by atoms with van der Waals surface area (Å²) >= 11 is 0. The van der Waals surface area contributed by atoms with E-state index < -0.39 is 23.9 Å². The summed E-state index contributed by atoms with van der Waals surface area (Å²) in [7, 11) is 0. The minimum Gasteiger partial charge on any atom is -0.504 e. The Kier molecular flexibility index (Phi) is 4.61. The van der Waals surface area contributed by atoms with Crippen molar-refractivity contribution in [2.75, 3.05) is 0 Å². The van der Waals surface area contributed by atoms with E-state index in [1.165, 1.54) is 12.1 Å². The van der Waals surface area contributed by atoms with Crippen molar-refractivity contribution in [3.8, 4) is 11.5 Å². The SMILES string of the molecule is C=CCC[C@H](N)c1cccc(OC(F)(F)F)c1O. The Morgan fingerprint density at radius 2 is 2.11 bits per heavy atom. The van der Waals surface area contributed by atoms with Crippen molar-refractivity contribution in [1.29, 1.82) is 0 Å². The highest BCUT2D eigenvalue weighted by Crippen LogP contribution is 2.37. The second kappa shape index (κ2) is 5.77. The molecule has 6 heteroatoms. The van der Waals surface area contributed by atoms with Crippen molar-refractivity contribution in [2.45, 2.75) is 25.2 Å². The summed E-state index contributed by atoms with van der Waals surface area (Å²) in [5, 5.41) is 9.69. The average molecular weight is 261 g/mol. The van der Waals surface area contributed by atoms with Gasteiger partial charge in [0.2, 0.25) is 0 Å². The van der Waals surface area contributed by atoms with E-state index in [-0.39, 0.29) is 5.56 Å². The van der Waals surface area contributed by atoms with E-state index in [0.29, 0.717) is 12.8 Å². The quantitative estimate of drug-likeness (QED) is 0.800. The lowest BCUT2D eigenvalue weighted by atomic mass is 10.0. The van der Waals surface area contributed by atoms with Gasteiger partial charge in [-0.05, 0) is 18.9 Å². The van der Waals surface area contributed by atoms with Gasteiger partial charge >= 0.3 is 6.36 Å². The summed E-state index contributed by atoms with van der Waals surface area (Å²) in [4.78, 5) is 0. The number of phenols is 1. The molecule has 1 rings (SSSR count). The van der Waals surface area contributed by atoms with Gasteiger partial charge in [0.1, 0.15) is 0 Å². The molecule has 1 aromatic carbocycles. The summed E-state index contributed by atoms with van der Waals surface area (Å²) in [6, 6.07) is 3.28. The summed E-state index contributed by atoms with van der Waals surface area (Å²) in [5.41, 5.74) is 5.99. The molecular weight excluding hydrogens is 247 g/mol. The highest BCUT2D eigenvalue weighted by molar-refractivity contribution is 5.46. The Hall–Kier alpha value is -1.69. The summed E-state index contributed by atoms with van der Waals surface area (Å²) < 4.78 is 39.9. The molecule has 0 saturated heterocycles. The predicted molar refractivity (Wildman–Crippen MR) is 61.1 cm³/mol. The molecule has 100 valence electrons. The van der Waals surface area contributed by atoms with Crippen LogP contribution in [0.25, 0.3) is 0 Å². The van der Waals surface area contributed by atoms with E-state index in [1.54, 1.807) is 6.08 Å². The number of aromatic hydroxyl groups is 1. The first-order chi connectivity index (χ1) is 8.35. The Labute approximate surface area is 103 Å². The molecule has 3 nitrogen and oxygen atoms in total. The molecule has 3 N–H and O–H groups in total. The second-order valence-corrected chi connectivity index (χ2v) is 3.71. The third-order valence-corrected chi connectivity index (χ3v) is 2.34. The van der Waals surface area contributed by atoms with Crippen molar-refractivity contribution in [2.24, 2.45) is 5.73 Å². The Morgan fingerprint density at radius 3 is 2.67 bits per heavy atom. The fourth-order valence-electron chi connectivity index (χ4n) is 1.50. The van der Waals surface area contributed by atoms with Crippen LogP contribution in [0.4, 0.5) is 13.2 Å². The molecule has 0 heterocycles. The molecule has 0 radical (unpaired) electrons. The molecule has 0 amide bonds. The molecule has 0 aliphatic carbocycles. The van der Waals surface area contributed by atoms with Crippen LogP contribution < -0.4 is 10.5 Å². The van der Waals surface area contributed by atoms with Gasteiger partial charge in [0.15, 0.2) is 11.5 Å². The summed E-state index contributed by atoms with van der Waals surface area (Å²) in [5.74, 6) is -1.22. The van der Waals surface area contributed by atoms with Gasteiger partial charge in [-0.15, -0.1) is 19.8 Å². The van der Waals surface area contributed by atoms with Gasteiger partial charge in [0.25, 0.3) is 0 Å². The van der Waals surface area contributed by atoms with Crippen LogP contribution in [0.5, 0.6) is 11.5 Å².